The average molecular weight is 379 g/mol. The van der Waals surface area contributed by atoms with E-state index in [1.807, 2.05) is 30.5 Å². The molecule has 1 aliphatic heterocycles. The van der Waals surface area contributed by atoms with Gasteiger partial charge in [-0.1, -0.05) is 51.1 Å². The molecule has 5 nitrogen and oxygen atoms in total. The van der Waals surface area contributed by atoms with Gasteiger partial charge in [-0.15, -0.1) is 5.60 Å². The molecule has 6 heteroatoms. The van der Waals surface area contributed by atoms with Crippen LogP contribution < -0.4 is 44.3 Å². The van der Waals surface area contributed by atoms with Crippen molar-refractivity contribution in [1.82, 2.24) is 9.88 Å². The van der Waals surface area contributed by atoms with E-state index in [1.165, 1.54) is 5.69 Å². The van der Waals surface area contributed by atoms with Crippen molar-refractivity contribution in [1.29, 1.82) is 0 Å². The van der Waals surface area contributed by atoms with E-state index in [4.69, 9.17) is 4.74 Å². The Balaban J connectivity index is 0.000000542. The van der Waals surface area contributed by atoms with E-state index in [-0.39, 0.29) is 29.6 Å². The number of aromatic nitrogens is 1. The summed E-state index contributed by atoms with van der Waals surface area (Å²) < 4.78 is 5.71. The predicted octanol–water partition coefficient (Wildman–Crippen LogP) is -0.438. The second-order valence-corrected chi connectivity index (χ2v) is 7.53. The van der Waals surface area contributed by atoms with Crippen LogP contribution in [0.25, 0.3) is 0 Å². The maximum absolute atomic E-state index is 10.1. The van der Waals surface area contributed by atoms with Gasteiger partial charge in [-0.05, 0) is 18.7 Å². The molecule has 0 N–H and O–H groups in total. The molecule has 1 saturated heterocycles. The fourth-order valence-electron chi connectivity index (χ4n) is 2.44. The Labute approximate surface area is 185 Å². The molecule has 0 radical (unpaired) electrons. The van der Waals surface area contributed by atoms with Crippen LogP contribution in [-0.2, 0) is 6.61 Å². The van der Waals surface area contributed by atoms with Crippen LogP contribution in [0.4, 0.5) is 5.69 Å². The molecule has 0 saturated carbocycles. The van der Waals surface area contributed by atoms with Gasteiger partial charge in [-0.25, -0.2) is 4.98 Å². The maximum atomic E-state index is 10.1. The minimum atomic E-state index is -0.750. The summed E-state index contributed by atoms with van der Waals surface area (Å²) in [5.74, 6) is 0.678. The molecule has 1 aromatic carbocycles. The van der Waals surface area contributed by atoms with Crippen molar-refractivity contribution < 1.29 is 39.4 Å². The van der Waals surface area contributed by atoms with Gasteiger partial charge >= 0.3 is 29.6 Å². The van der Waals surface area contributed by atoms with Crippen LogP contribution in [0.3, 0.4) is 0 Å². The van der Waals surface area contributed by atoms with Crippen molar-refractivity contribution >= 4 is 5.69 Å². The number of likely N-dealkylation sites (N-methyl/N-ethyl adjacent to an activating group) is 1. The summed E-state index contributed by atoms with van der Waals surface area (Å²) >= 11 is 0. The molecular formula is C21H30N3NaO2. The minimum absolute atomic E-state index is 0. The molecule has 0 bridgehead atoms. The van der Waals surface area contributed by atoms with Crippen LogP contribution in [0, 0.1) is 0 Å². The molecule has 1 fully saturated rings. The van der Waals surface area contributed by atoms with Crippen molar-refractivity contribution in [3.8, 4) is 5.88 Å². The smallest absolute Gasteiger partial charge is 0.850 e. The number of rotatable bonds is 4. The van der Waals surface area contributed by atoms with Crippen LogP contribution in [-0.4, -0.2) is 48.7 Å². The van der Waals surface area contributed by atoms with Gasteiger partial charge in [0.15, 0.2) is 0 Å². The summed E-state index contributed by atoms with van der Waals surface area (Å²) in [4.78, 5) is 9.13. The van der Waals surface area contributed by atoms with Crippen molar-refractivity contribution in [2.45, 2.75) is 33.0 Å². The fraction of sp³-hybridized carbons (Fsp3) is 0.476. The first kappa shape index (κ1) is 23.9. The fourth-order valence-corrected chi connectivity index (χ4v) is 2.44. The number of hydrogen-bond donors (Lipinski definition) is 0. The number of anilines is 1. The van der Waals surface area contributed by atoms with Gasteiger partial charge in [0.2, 0.25) is 5.88 Å². The average Bonchev–Trinajstić information content (AvgIpc) is 2.61. The van der Waals surface area contributed by atoms with Gasteiger partial charge < -0.3 is 19.6 Å². The summed E-state index contributed by atoms with van der Waals surface area (Å²) in [7, 11) is 2.16. The van der Waals surface area contributed by atoms with E-state index in [1.54, 1.807) is 20.8 Å². The number of piperazine rings is 1. The predicted molar refractivity (Wildman–Crippen MR) is 104 cm³/mol. The van der Waals surface area contributed by atoms with E-state index >= 15 is 0 Å². The van der Waals surface area contributed by atoms with E-state index in [2.05, 4.69) is 40.0 Å². The molecule has 2 heterocycles. The summed E-state index contributed by atoms with van der Waals surface area (Å²) in [6, 6.07) is 14.2. The first-order valence-electron chi connectivity index (χ1n) is 9.08. The molecule has 0 spiro atoms. The van der Waals surface area contributed by atoms with E-state index in [0.29, 0.717) is 12.5 Å². The molecule has 0 atom stereocenters. The molecule has 3 rings (SSSR count). The summed E-state index contributed by atoms with van der Waals surface area (Å²) in [5.41, 5.74) is 1.58. The normalized spacial score (nSPS) is 14.6. The van der Waals surface area contributed by atoms with E-state index < -0.39 is 5.60 Å². The van der Waals surface area contributed by atoms with Crippen molar-refractivity contribution in [3.05, 3.63) is 54.2 Å². The zero-order valence-electron chi connectivity index (χ0n) is 17.3. The van der Waals surface area contributed by atoms with Crippen molar-refractivity contribution in [2.75, 3.05) is 38.1 Å². The number of benzene rings is 1. The van der Waals surface area contributed by atoms with Gasteiger partial charge in [-0.3, -0.25) is 0 Å². The molecule has 27 heavy (non-hydrogen) atoms. The molecule has 0 aliphatic carbocycles. The molecule has 142 valence electrons. The van der Waals surface area contributed by atoms with Gasteiger partial charge in [-0.2, -0.15) is 0 Å². The molecule has 2 aromatic rings. The van der Waals surface area contributed by atoms with Crippen molar-refractivity contribution in [2.24, 2.45) is 0 Å². The second kappa shape index (κ2) is 11.7. The van der Waals surface area contributed by atoms with Crippen LogP contribution in [0.15, 0.2) is 48.7 Å². The molecule has 1 aromatic heterocycles. The standard InChI is InChI=1S/C17H21N3O.C4H9O.Na/c1-19-9-11-20(12-10-19)16-7-8-17(18-13-16)21-14-15-5-3-2-4-6-15;1-4(2,3)5;/h2-8,13H,9-12,14H2,1H3;1-3H3;/q;-1;+1. The molecule has 0 unspecified atom stereocenters. The van der Waals surface area contributed by atoms with Gasteiger partial charge in [0, 0.05) is 32.2 Å². The first-order chi connectivity index (χ1) is 12.3. The quantitative estimate of drug-likeness (QED) is 0.675. The Morgan fingerprint density at radius 3 is 2.11 bits per heavy atom. The van der Waals surface area contributed by atoms with Crippen LogP contribution in [0.2, 0.25) is 0 Å². The summed E-state index contributed by atoms with van der Waals surface area (Å²) in [6.07, 6.45) is 1.91. The molecule has 1 aliphatic rings. The minimum Gasteiger partial charge on any atom is -0.850 e. The second-order valence-electron chi connectivity index (χ2n) is 7.53. The van der Waals surface area contributed by atoms with Gasteiger partial charge in [0.1, 0.15) is 6.61 Å². The van der Waals surface area contributed by atoms with Gasteiger partial charge in [0.05, 0.1) is 11.9 Å². The number of hydrogen-bond acceptors (Lipinski definition) is 5. The molecule has 0 amide bonds. The Bertz CT molecular complexity index is 631. The monoisotopic (exact) mass is 379 g/mol. The maximum Gasteiger partial charge on any atom is 1.00 e. The van der Waals surface area contributed by atoms with E-state index in [9.17, 15) is 5.11 Å². The Morgan fingerprint density at radius 2 is 1.59 bits per heavy atom. The summed E-state index contributed by atoms with van der Waals surface area (Å²) in [6.45, 7) is 9.78. The first-order valence-corrected chi connectivity index (χ1v) is 9.08. The van der Waals surface area contributed by atoms with E-state index in [0.717, 1.165) is 31.7 Å². The zero-order valence-corrected chi connectivity index (χ0v) is 19.3. The third-order valence-electron chi connectivity index (χ3n) is 3.82. The Hall–Kier alpha value is -1.11. The number of ether oxygens (including phenoxy) is 1. The topological polar surface area (TPSA) is 51.7 Å². The zero-order chi connectivity index (χ0) is 19.0. The van der Waals surface area contributed by atoms with Crippen molar-refractivity contribution in [3.63, 3.8) is 0 Å². The SMILES string of the molecule is CC(C)(C)[O-].CN1CCN(c2ccc(OCc3ccccc3)nc2)CC1.[Na+]. The Morgan fingerprint density at radius 1 is 1.00 bits per heavy atom. The number of nitrogens with zero attached hydrogens (tertiary/aromatic N) is 3. The number of pyridine rings is 1. The Kier molecular flexibility index (Phi) is 10.3. The van der Waals surface area contributed by atoms with Crippen LogP contribution >= 0.6 is 0 Å². The third-order valence-corrected chi connectivity index (χ3v) is 3.82. The largest absolute Gasteiger partial charge is 1.00 e. The third kappa shape index (κ3) is 10.1. The van der Waals surface area contributed by atoms with Crippen LogP contribution in [0.1, 0.15) is 26.3 Å². The van der Waals surface area contributed by atoms with Crippen LogP contribution in [0.5, 0.6) is 5.88 Å². The van der Waals surface area contributed by atoms with Gasteiger partial charge in [0.25, 0.3) is 0 Å². The summed E-state index contributed by atoms with van der Waals surface area (Å²) in [5, 5.41) is 10.1. The molecular weight excluding hydrogens is 349 g/mol.